The Morgan fingerprint density at radius 3 is 1.65 bits per heavy atom. The molecule has 0 aliphatic carbocycles. The Hall–Kier alpha value is -1.68. The number of benzene rings is 2. The van der Waals surface area contributed by atoms with Crippen LogP contribution in [0.1, 0.15) is 30.3 Å². The summed E-state index contributed by atoms with van der Waals surface area (Å²) < 4.78 is 17.3. The molecular formula is C17H18O3. The lowest BCUT2D eigenvalue weighted by Gasteiger charge is -2.16. The SMILES string of the molecule is CCOC1O[C@@H](c2ccccc2)[C@H](c2ccccc2)O1. The van der Waals surface area contributed by atoms with Gasteiger partial charge in [0.15, 0.2) is 0 Å². The zero-order valence-electron chi connectivity index (χ0n) is 11.4. The minimum absolute atomic E-state index is 0.143. The van der Waals surface area contributed by atoms with E-state index in [1.54, 1.807) is 0 Å². The molecular weight excluding hydrogens is 252 g/mol. The van der Waals surface area contributed by atoms with Gasteiger partial charge in [-0.25, -0.2) is 0 Å². The van der Waals surface area contributed by atoms with E-state index in [0.717, 1.165) is 11.1 Å². The second-order valence-corrected chi connectivity index (χ2v) is 4.68. The van der Waals surface area contributed by atoms with E-state index in [1.807, 2.05) is 43.3 Å². The standard InChI is InChI=1S/C17H18O3/c1-2-18-17-19-15(13-9-5-3-6-10-13)16(20-17)14-11-7-4-8-12-14/h3-12,15-17H,2H2,1H3/t15-,16-/m0/s1. The zero-order chi connectivity index (χ0) is 13.8. The quantitative estimate of drug-likeness (QED) is 0.845. The maximum Gasteiger partial charge on any atom is 0.273 e. The van der Waals surface area contributed by atoms with Gasteiger partial charge in [-0.1, -0.05) is 60.7 Å². The van der Waals surface area contributed by atoms with Crippen molar-refractivity contribution in [2.45, 2.75) is 25.6 Å². The van der Waals surface area contributed by atoms with Crippen LogP contribution >= 0.6 is 0 Å². The van der Waals surface area contributed by atoms with Crippen molar-refractivity contribution in [3.8, 4) is 0 Å². The highest BCUT2D eigenvalue weighted by Gasteiger charge is 2.38. The van der Waals surface area contributed by atoms with Crippen molar-refractivity contribution in [1.82, 2.24) is 0 Å². The molecule has 0 aromatic heterocycles. The second-order valence-electron chi connectivity index (χ2n) is 4.68. The van der Waals surface area contributed by atoms with Crippen LogP contribution in [0, 0.1) is 0 Å². The van der Waals surface area contributed by atoms with Crippen LogP contribution in [0.5, 0.6) is 0 Å². The third-order valence-corrected chi connectivity index (χ3v) is 3.35. The average Bonchev–Trinajstić information content (AvgIpc) is 2.93. The largest absolute Gasteiger partial charge is 0.330 e. The number of ether oxygens (including phenoxy) is 3. The number of hydrogen-bond acceptors (Lipinski definition) is 3. The molecule has 1 saturated heterocycles. The van der Waals surface area contributed by atoms with Crippen molar-refractivity contribution in [3.63, 3.8) is 0 Å². The van der Waals surface area contributed by atoms with Gasteiger partial charge in [0.05, 0.1) is 0 Å². The minimum Gasteiger partial charge on any atom is -0.330 e. The van der Waals surface area contributed by atoms with E-state index in [1.165, 1.54) is 0 Å². The summed E-state index contributed by atoms with van der Waals surface area (Å²) in [7, 11) is 0. The van der Waals surface area contributed by atoms with Gasteiger partial charge in [-0.2, -0.15) is 0 Å². The molecule has 0 amide bonds. The van der Waals surface area contributed by atoms with E-state index in [0.29, 0.717) is 6.61 Å². The molecule has 3 nitrogen and oxygen atoms in total. The summed E-state index contributed by atoms with van der Waals surface area (Å²) in [5, 5.41) is 0. The molecule has 0 unspecified atom stereocenters. The predicted molar refractivity (Wildman–Crippen MR) is 76.0 cm³/mol. The Balaban J connectivity index is 1.89. The van der Waals surface area contributed by atoms with Crippen LogP contribution in [0.15, 0.2) is 60.7 Å². The Labute approximate surface area is 119 Å². The van der Waals surface area contributed by atoms with E-state index >= 15 is 0 Å². The van der Waals surface area contributed by atoms with Gasteiger partial charge < -0.3 is 14.2 Å². The van der Waals surface area contributed by atoms with E-state index in [-0.39, 0.29) is 12.2 Å². The molecule has 2 aromatic rings. The Morgan fingerprint density at radius 1 is 0.800 bits per heavy atom. The molecule has 104 valence electrons. The Morgan fingerprint density at radius 2 is 1.25 bits per heavy atom. The van der Waals surface area contributed by atoms with Gasteiger partial charge in [-0.05, 0) is 18.1 Å². The fraction of sp³-hybridized carbons (Fsp3) is 0.294. The van der Waals surface area contributed by atoms with Gasteiger partial charge in [-0.15, -0.1) is 0 Å². The van der Waals surface area contributed by atoms with Gasteiger partial charge in [0, 0.05) is 6.61 Å². The van der Waals surface area contributed by atoms with Crippen LogP contribution < -0.4 is 0 Å². The maximum absolute atomic E-state index is 5.91. The normalized spacial score (nSPS) is 23.1. The summed E-state index contributed by atoms with van der Waals surface area (Å²) in [6.45, 7) is 1.89. The first-order chi connectivity index (χ1) is 9.88. The summed E-state index contributed by atoms with van der Waals surface area (Å²) in [6.07, 6.45) is -0.287. The van der Waals surface area contributed by atoms with Crippen LogP contribution in [-0.2, 0) is 14.2 Å². The van der Waals surface area contributed by atoms with Crippen LogP contribution in [0.2, 0.25) is 0 Å². The minimum atomic E-state index is -0.601. The molecule has 20 heavy (non-hydrogen) atoms. The molecule has 1 aliphatic heterocycles. The predicted octanol–water partition coefficient (Wildman–Crippen LogP) is 3.84. The third kappa shape index (κ3) is 2.75. The smallest absolute Gasteiger partial charge is 0.273 e. The van der Waals surface area contributed by atoms with E-state index < -0.39 is 6.48 Å². The summed E-state index contributed by atoms with van der Waals surface area (Å²) in [5.41, 5.74) is 2.20. The molecule has 2 atom stereocenters. The first-order valence-electron chi connectivity index (χ1n) is 6.91. The van der Waals surface area contributed by atoms with Gasteiger partial charge >= 0.3 is 0 Å². The first-order valence-corrected chi connectivity index (χ1v) is 6.91. The molecule has 0 spiro atoms. The lowest BCUT2D eigenvalue weighted by Crippen LogP contribution is -2.12. The molecule has 1 fully saturated rings. The summed E-state index contributed by atoms with van der Waals surface area (Å²) in [4.78, 5) is 0. The number of rotatable bonds is 4. The van der Waals surface area contributed by atoms with Crippen molar-refractivity contribution in [1.29, 1.82) is 0 Å². The molecule has 3 rings (SSSR count). The molecule has 0 radical (unpaired) electrons. The Bertz CT molecular complexity index is 479. The van der Waals surface area contributed by atoms with Crippen LogP contribution in [-0.4, -0.2) is 13.1 Å². The third-order valence-electron chi connectivity index (χ3n) is 3.35. The Kier molecular flexibility index (Phi) is 4.11. The van der Waals surface area contributed by atoms with Crippen molar-refractivity contribution >= 4 is 0 Å². The first kappa shape index (κ1) is 13.3. The summed E-state index contributed by atoms with van der Waals surface area (Å²) in [6, 6.07) is 20.2. The summed E-state index contributed by atoms with van der Waals surface area (Å²) >= 11 is 0. The summed E-state index contributed by atoms with van der Waals surface area (Å²) in [5.74, 6) is 0. The maximum atomic E-state index is 5.91. The molecule has 0 bridgehead atoms. The van der Waals surface area contributed by atoms with Crippen LogP contribution in [0.3, 0.4) is 0 Å². The molecule has 2 aromatic carbocycles. The van der Waals surface area contributed by atoms with E-state index in [4.69, 9.17) is 14.2 Å². The van der Waals surface area contributed by atoms with Gasteiger partial charge in [-0.3, -0.25) is 0 Å². The molecule has 0 N–H and O–H groups in total. The fourth-order valence-corrected chi connectivity index (χ4v) is 2.42. The lowest BCUT2D eigenvalue weighted by atomic mass is 9.99. The van der Waals surface area contributed by atoms with Crippen molar-refractivity contribution < 1.29 is 14.2 Å². The average molecular weight is 270 g/mol. The van der Waals surface area contributed by atoms with Crippen LogP contribution in [0.4, 0.5) is 0 Å². The van der Waals surface area contributed by atoms with E-state index in [2.05, 4.69) is 24.3 Å². The van der Waals surface area contributed by atoms with Gasteiger partial charge in [0.25, 0.3) is 6.48 Å². The van der Waals surface area contributed by atoms with Crippen molar-refractivity contribution in [2.24, 2.45) is 0 Å². The molecule has 0 saturated carbocycles. The fourth-order valence-electron chi connectivity index (χ4n) is 2.42. The highest BCUT2D eigenvalue weighted by molar-refractivity contribution is 5.26. The number of hydrogen-bond donors (Lipinski definition) is 0. The second kappa shape index (κ2) is 6.18. The van der Waals surface area contributed by atoms with Crippen molar-refractivity contribution in [3.05, 3.63) is 71.8 Å². The van der Waals surface area contributed by atoms with Crippen molar-refractivity contribution in [2.75, 3.05) is 6.61 Å². The molecule has 1 heterocycles. The topological polar surface area (TPSA) is 27.7 Å². The van der Waals surface area contributed by atoms with Gasteiger partial charge in [0.2, 0.25) is 0 Å². The van der Waals surface area contributed by atoms with Gasteiger partial charge in [0.1, 0.15) is 12.2 Å². The lowest BCUT2D eigenvalue weighted by molar-refractivity contribution is -0.241. The van der Waals surface area contributed by atoms with E-state index in [9.17, 15) is 0 Å². The van der Waals surface area contributed by atoms with Crippen LogP contribution in [0.25, 0.3) is 0 Å². The monoisotopic (exact) mass is 270 g/mol. The highest BCUT2D eigenvalue weighted by Crippen LogP contribution is 2.42. The highest BCUT2D eigenvalue weighted by atomic mass is 16.9. The molecule has 1 aliphatic rings. The molecule has 3 heteroatoms. The zero-order valence-corrected chi connectivity index (χ0v) is 11.4.